The van der Waals surface area contributed by atoms with Crippen molar-refractivity contribution in [2.24, 2.45) is 5.84 Å². The molecule has 0 fully saturated rings. The first-order chi connectivity index (χ1) is 9.06. The average molecular weight is 300 g/mol. The van der Waals surface area contributed by atoms with Gasteiger partial charge in [-0.3, -0.25) is 10.6 Å². The van der Waals surface area contributed by atoms with Gasteiger partial charge in [0.1, 0.15) is 5.01 Å². The topological polar surface area (TPSA) is 123 Å². The van der Waals surface area contributed by atoms with E-state index in [9.17, 15) is 8.42 Å². The number of nitrogens with zero attached hydrogens (tertiary/aromatic N) is 3. The number of rotatable bonds is 5. The minimum atomic E-state index is -3.85. The minimum Gasteiger partial charge on any atom is -0.321 e. The van der Waals surface area contributed by atoms with Gasteiger partial charge in [0.25, 0.3) is 10.0 Å². The van der Waals surface area contributed by atoms with Crippen LogP contribution in [0.2, 0.25) is 0 Å². The van der Waals surface area contributed by atoms with Gasteiger partial charge in [0, 0.05) is 6.20 Å². The van der Waals surface area contributed by atoms with Gasteiger partial charge in [-0.1, -0.05) is 18.3 Å². The third-order valence-corrected chi connectivity index (χ3v) is 4.58. The molecule has 0 radical (unpaired) electrons. The number of hydrogen-bond acceptors (Lipinski definition) is 8. The van der Waals surface area contributed by atoms with Gasteiger partial charge in [0.2, 0.25) is 10.2 Å². The van der Waals surface area contributed by atoms with Crippen molar-refractivity contribution < 1.29 is 8.42 Å². The molecule has 10 heteroatoms. The van der Waals surface area contributed by atoms with E-state index in [1.54, 1.807) is 6.07 Å². The maximum Gasteiger partial charge on any atom is 0.283 e. The van der Waals surface area contributed by atoms with Crippen LogP contribution in [-0.2, 0) is 16.4 Å². The van der Waals surface area contributed by atoms with Crippen molar-refractivity contribution in [3.05, 3.63) is 23.3 Å². The van der Waals surface area contributed by atoms with Gasteiger partial charge in [-0.2, -0.15) is 8.42 Å². The number of sulfonamides is 1. The van der Waals surface area contributed by atoms with E-state index in [4.69, 9.17) is 5.84 Å². The largest absolute Gasteiger partial charge is 0.321 e. The number of hydrogen-bond donors (Lipinski definition) is 3. The molecule has 2 rings (SSSR count). The van der Waals surface area contributed by atoms with E-state index < -0.39 is 10.0 Å². The highest BCUT2D eigenvalue weighted by Crippen LogP contribution is 2.22. The van der Waals surface area contributed by atoms with Crippen LogP contribution in [-0.4, -0.2) is 23.6 Å². The lowest BCUT2D eigenvalue weighted by Crippen LogP contribution is -2.18. The first-order valence-electron chi connectivity index (χ1n) is 5.33. The number of aromatic nitrogens is 3. The van der Waals surface area contributed by atoms with Crippen molar-refractivity contribution in [1.29, 1.82) is 0 Å². The summed E-state index contributed by atoms with van der Waals surface area (Å²) >= 11 is 1.18. The zero-order valence-corrected chi connectivity index (χ0v) is 11.6. The van der Waals surface area contributed by atoms with Crippen molar-refractivity contribution >= 4 is 32.2 Å². The molecule has 0 aliphatic heterocycles. The molecule has 0 unspecified atom stereocenters. The van der Waals surface area contributed by atoms with Crippen molar-refractivity contribution in [2.45, 2.75) is 18.4 Å². The zero-order chi connectivity index (χ0) is 13.9. The summed E-state index contributed by atoms with van der Waals surface area (Å²) < 4.78 is 26.6. The number of nitrogens with one attached hydrogen (secondary N) is 2. The molecule has 0 bridgehead atoms. The van der Waals surface area contributed by atoms with Gasteiger partial charge < -0.3 is 5.43 Å². The molecule has 4 N–H and O–H groups in total. The molecule has 0 spiro atoms. The highest BCUT2D eigenvalue weighted by atomic mass is 32.2. The van der Waals surface area contributed by atoms with Crippen LogP contribution in [0, 0.1) is 0 Å². The minimum absolute atomic E-state index is 0.189. The van der Waals surface area contributed by atoms with Crippen molar-refractivity contribution in [3.8, 4) is 0 Å². The molecule has 102 valence electrons. The standard InChI is InChI=1S/C9H12N6O2S2/c1-2-7-13-14-9(18-7)15-19(16,17)8-6(12-10)4-3-5-11-8/h3-5,12H,2,10H2,1H3,(H,14,15). The molecule has 19 heavy (non-hydrogen) atoms. The van der Waals surface area contributed by atoms with E-state index in [-0.39, 0.29) is 15.8 Å². The lowest BCUT2D eigenvalue weighted by molar-refractivity contribution is 0.598. The first-order valence-corrected chi connectivity index (χ1v) is 7.63. The molecule has 0 aromatic carbocycles. The normalized spacial score (nSPS) is 11.3. The third kappa shape index (κ3) is 2.97. The number of anilines is 2. The summed E-state index contributed by atoms with van der Waals surface area (Å²) in [6.07, 6.45) is 2.06. The van der Waals surface area contributed by atoms with Crippen LogP contribution in [0.3, 0.4) is 0 Å². The summed E-state index contributed by atoms with van der Waals surface area (Å²) in [4.78, 5) is 3.81. The van der Waals surface area contributed by atoms with Gasteiger partial charge >= 0.3 is 0 Å². The Hall–Kier alpha value is -1.78. The predicted octanol–water partition coefficient (Wildman–Crippen LogP) is 0.582. The number of nitrogen functional groups attached to an aromatic ring is 1. The van der Waals surface area contributed by atoms with Gasteiger partial charge in [0.15, 0.2) is 0 Å². The van der Waals surface area contributed by atoms with E-state index in [0.717, 1.165) is 5.01 Å². The van der Waals surface area contributed by atoms with E-state index in [1.165, 1.54) is 23.6 Å². The fraction of sp³-hybridized carbons (Fsp3) is 0.222. The molecule has 0 saturated carbocycles. The number of pyridine rings is 1. The average Bonchev–Trinajstić information content (AvgIpc) is 2.85. The second-order valence-corrected chi connectivity index (χ2v) is 6.12. The highest BCUT2D eigenvalue weighted by molar-refractivity contribution is 7.93. The lowest BCUT2D eigenvalue weighted by atomic mass is 10.4. The van der Waals surface area contributed by atoms with Crippen LogP contribution in [0.4, 0.5) is 10.8 Å². The smallest absolute Gasteiger partial charge is 0.283 e. The SMILES string of the molecule is CCc1nnc(NS(=O)(=O)c2ncccc2NN)s1. The molecule has 2 aromatic heterocycles. The van der Waals surface area contributed by atoms with Crippen LogP contribution < -0.4 is 16.0 Å². The maximum absolute atomic E-state index is 12.1. The summed E-state index contributed by atoms with van der Waals surface area (Å²) in [6.45, 7) is 1.91. The molecular formula is C9H12N6O2S2. The van der Waals surface area contributed by atoms with Gasteiger partial charge in [0.05, 0.1) is 5.69 Å². The van der Waals surface area contributed by atoms with E-state index in [0.29, 0.717) is 6.42 Å². The molecule has 0 aliphatic carbocycles. The molecule has 0 aliphatic rings. The Morgan fingerprint density at radius 2 is 2.21 bits per heavy atom. The third-order valence-electron chi connectivity index (χ3n) is 2.17. The van der Waals surface area contributed by atoms with Crippen LogP contribution in [0.25, 0.3) is 0 Å². The fourth-order valence-electron chi connectivity index (χ4n) is 1.32. The fourth-order valence-corrected chi connectivity index (χ4v) is 3.33. The van der Waals surface area contributed by atoms with Crippen molar-refractivity contribution in [2.75, 3.05) is 10.1 Å². The molecule has 0 amide bonds. The summed E-state index contributed by atoms with van der Waals surface area (Å²) in [7, 11) is -3.85. The predicted molar refractivity (Wildman–Crippen MR) is 72.1 cm³/mol. The van der Waals surface area contributed by atoms with E-state index in [1.807, 2.05) is 6.92 Å². The Kier molecular flexibility index (Phi) is 3.93. The molecule has 0 atom stereocenters. The quantitative estimate of drug-likeness (QED) is 0.545. The zero-order valence-electron chi connectivity index (χ0n) is 9.99. The van der Waals surface area contributed by atoms with E-state index >= 15 is 0 Å². The summed E-state index contributed by atoms with van der Waals surface area (Å²) in [5.41, 5.74) is 2.49. The molecule has 2 heterocycles. The summed E-state index contributed by atoms with van der Waals surface area (Å²) in [5, 5.41) is 8.34. The van der Waals surface area contributed by atoms with Crippen LogP contribution >= 0.6 is 11.3 Å². The van der Waals surface area contributed by atoms with Crippen molar-refractivity contribution in [3.63, 3.8) is 0 Å². The van der Waals surface area contributed by atoms with Crippen LogP contribution in [0.1, 0.15) is 11.9 Å². The Morgan fingerprint density at radius 3 is 2.84 bits per heavy atom. The lowest BCUT2D eigenvalue weighted by Gasteiger charge is -2.08. The number of hydrazine groups is 1. The Labute approximate surface area is 114 Å². The highest BCUT2D eigenvalue weighted by Gasteiger charge is 2.21. The molecule has 0 saturated heterocycles. The molecule has 8 nitrogen and oxygen atoms in total. The van der Waals surface area contributed by atoms with E-state index in [2.05, 4.69) is 25.3 Å². The van der Waals surface area contributed by atoms with Gasteiger partial charge in [-0.15, -0.1) is 10.2 Å². The molecular weight excluding hydrogens is 288 g/mol. The number of aryl methyl sites for hydroxylation is 1. The first kappa shape index (κ1) is 13.6. The monoisotopic (exact) mass is 300 g/mol. The Bertz CT molecular complexity index is 669. The second-order valence-electron chi connectivity index (χ2n) is 3.46. The molecule has 2 aromatic rings. The summed E-state index contributed by atoms with van der Waals surface area (Å²) in [6, 6.07) is 3.09. The Balaban J connectivity index is 2.32. The maximum atomic E-state index is 12.1. The Morgan fingerprint density at radius 1 is 1.42 bits per heavy atom. The van der Waals surface area contributed by atoms with Crippen LogP contribution in [0.15, 0.2) is 23.4 Å². The second kappa shape index (κ2) is 5.47. The van der Waals surface area contributed by atoms with Crippen LogP contribution in [0.5, 0.6) is 0 Å². The van der Waals surface area contributed by atoms with Gasteiger partial charge in [-0.05, 0) is 18.6 Å². The van der Waals surface area contributed by atoms with Gasteiger partial charge in [-0.25, -0.2) is 4.98 Å². The number of nitrogens with two attached hydrogens (primary N) is 1. The van der Waals surface area contributed by atoms with Crippen molar-refractivity contribution in [1.82, 2.24) is 15.2 Å². The summed E-state index contributed by atoms with van der Waals surface area (Å²) in [5.74, 6) is 5.26.